The highest BCUT2D eigenvalue weighted by atomic mass is 32.2. The molecule has 1 aliphatic rings. The van der Waals surface area contributed by atoms with Crippen molar-refractivity contribution in [2.24, 2.45) is 0 Å². The summed E-state index contributed by atoms with van der Waals surface area (Å²) in [5.74, 6) is -1.37. The molecule has 8 nitrogen and oxygen atoms in total. The number of aryl methyl sites for hydroxylation is 1. The number of benzene rings is 3. The van der Waals surface area contributed by atoms with Crippen molar-refractivity contribution in [1.29, 1.82) is 0 Å². The van der Waals surface area contributed by atoms with Gasteiger partial charge in [-0.1, -0.05) is 66.7 Å². The minimum atomic E-state index is -4.05. The molecular formula is C30H33N3O5S. The molecule has 0 unspecified atom stereocenters. The van der Waals surface area contributed by atoms with Crippen LogP contribution in [0, 0.1) is 6.92 Å². The molecule has 4 rings (SSSR count). The first-order valence-electron chi connectivity index (χ1n) is 12.9. The van der Waals surface area contributed by atoms with Gasteiger partial charge in [0.15, 0.2) is 0 Å². The highest BCUT2D eigenvalue weighted by molar-refractivity contribution is 7.90. The number of hydrogen-bond acceptors (Lipinski definition) is 5. The van der Waals surface area contributed by atoms with Gasteiger partial charge in [-0.05, 0) is 49.6 Å². The maximum atomic E-state index is 13.8. The summed E-state index contributed by atoms with van der Waals surface area (Å²) in [6.45, 7) is 5.49. The van der Waals surface area contributed by atoms with E-state index in [1.165, 1.54) is 17.0 Å². The fraction of sp³-hybridized carbons (Fsp3) is 0.300. The third-order valence-electron chi connectivity index (χ3n) is 6.74. The van der Waals surface area contributed by atoms with Crippen LogP contribution in [-0.2, 0) is 32.6 Å². The molecule has 1 aliphatic heterocycles. The number of nitrogens with one attached hydrogen (secondary N) is 1. The van der Waals surface area contributed by atoms with Gasteiger partial charge in [-0.25, -0.2) is 12.7 Å². The Hall–Kier alpha value is -3.98. The number of rotatable bonds is 10. The van der Waals surface area contributed by atoms with Crippen LogP contribution < -0.4 is 5.32 Å². The molecule has 0 bridgehead atoms. The second-order valence-corrected chi connectivity index (χ2v) is 11.8. The minimum absolute atomic E-state index is 0.0579. The molecule has 3 aromatic rings. The zero-order valence-corrected chi connectivity index (χ0v) is 23.1. The van der Waals surface area contributed by atoms with Crippen LogP contribution in [0.3, 0.4) is 0 Å². The van der Waals surface area contributed by atoms with Crippen molar-refractivity contribution in [2.75, 3.05) is 6.54 Å². The first-order valence-corrected chi connectivity index (χ1v) is 14.4. The molecule has 39 heavy (non-hydrogen) atoms. The summed E-state index contributed by atoms with van der Waals surface area (Å²) in [5.41, 5.74) is 2.82. The maximum absolute atomic E-state index is 13.8. The monoisotopic (exact) mass is 547 g/mol. The summed E-state index contributed by atoms with van der Waals surface area (Å²) in [7, 11) is -4.05. The lowest BCUT2D eigenvalue weighted by Crippen LogP contribution is -2.52. The molecule has 1 N–H and O–H groups in total. The van der Waals surface area contributed by atoms with E-state index >= 15 is 0 Å². The molecule has 0 saturated heterocycles. The Morgan fingerprint density at radius 1 is 0.923 bits per heavy atom. The molecule has 0 aromatic heterocycles. The highest BCUT2D eigenvalue weighted by Crippen LogP contribution is 2.30. The van der Waals surface area contributed by atoms with Crippen molar-refractivity contribution >= 4 is 27.7 Å². The van der Waals surface area contributed by atoms with E-state index in [-0.39, 0.29) is 48.3 Å². The summed E-state index contributed by atoms with van der Waals surface area (Å²) >= 11 is 0. The highest BCUT2D eigenvalue weighted by Gasteiger charge is 2.41. The number of nitrogens with zero attached hydrogens (tertiary/aromatic N) is 2. The molecule has 3 amide bonds. The molecule has 0 spiro atoms. The molecular weight excluding hydrogens is 514 g/mol. The van der Waals surface area contributed by atoms with Crippen molar-refractivity contribution in [3.05, 3.63) is 101 Å². The van der Waals surface area contributed by atoms with Gasteiger partial charge in [0.1, 0.15) is 10.9 Å². The topological polar surface area (TPSA) is 104 Å². The van der Waals surface area contributed by atoms with Gasteiger partial charge >= 0.3 is 0 Å². The Morgan fingerprint density at radius 2 is 1.56 bits per heavy atom. The van der Waals surface area contributed by atoms with Gasteiger partial charge in [0, 0.05) is 32.0 Å². The summed E-state index contributed by atoms with van der Waals surface area (Å²) < 4.78 is 26.8. The van der Waals surface area contributed by atoms with Crippen LogP contribution in [0.4, 0.5) is 0 Å². The SMILES string of the molecule is Cc1ccccc1CN(C(=O)CCN1C(=O)c2ccccc2S1(=O)=O)[C@@H](Cc1ccccc1)C(=O)NC(C)C. The van der Waals surface area contributed by atoms with Crippen LogP contribution in [0.25, 0.3) is 0 Å². The Balaban J connectivity index is 1.65. The number of hydrogen-bond donors (Lipinski definition) is 1. The van der Waals surface area contributed by atoms with E-state index in [2.05, 4.69) is 5.32 Å². The lowest BCUT2D eigenvalue weighted by Gasteiger charge is -2.33. The summed E-state index contributed by atoms with van der Waals surface area (Å²) in [6.07, 6.45) is 0.0223. The van der Waals surface area contributed by atoms with Crippen LogP contribution >= 0.6 is 0 Å². The number of amides is 3. The van der Waals surface area contributed by atoms with Crippen LogP contribution in [0.2, 0.25) is 0 Å². The van der Waals surface area contributed by atoms with Crippen molar-refractivity contribution in [1.82, 2.24) is 14.5 Å². The van der Waals surface area contributed by atoms with Crippen molar-refractivity contribution in [3.63, 3.8) is 0 Å². The van der Waals surface area contributed by atoms with Crippen molar-refractivity contribution in [3.8, 4) is 0 Å². The number of fused-ring (bicyclic) bond motifs is 1. The third-order valence-corrected chi connectivity index (χ3v) is 8.59. The first kappa shape index (κ1) is 28.0. The van der Waals surface area contributed by atoms with Gasteiger partial charge in [-0.3, -0.25) is 14.4 Å². The van der Waals surface area contributed by atoms with Crippen LogP contribution in [0.15, 0.2) is 83.8 Å². The molecule has 0 aliphatic carbocycles. The Labute approximate surface area is 229 Å². The van der Waals surface area contributed by atoms with E-state index < -0.39 is 27.9 Å². The molecule has 3 aromatic carbocycles. The van der Waals surface area contributed by atoms with Gasteiger partial charge in [0.05, 0.1) is 5.56 Å². The molecule has 0 radical (unpaired) electrons. The van der Waals surface area contributed by atoms with Crippen molar-refractivity contribution in [2.45, 2.75) is 57.1 Å². The minimum Gasteiger partial charge on any atom is -0.352 e. The predicted octanol–water partition coefficient (Wildman–Crippen LogP) is 3.69. The number of carbonyl (C=O) groups excluding carboxylic acids is 3. The quantitative estimate of drug-likeness (QED) is 0.417. The first-order chi connectivity index (χ1) is 18.6. The second kappa shape index (κ2) is 11.8. The van der Waals surface area contributed by atoms with E-state index in [1.807, 2.05) is 75.4 Å². The molecule has 1 atom stereocenters. The number of sulfonamides is 1. The smallest absolute Gasteiger partial charge is 0.269 e. The Kier molecular flexibility index (Phi) is 8.50. The average molecular weight is 548 g/mol. The van der Waals surface area contributed by atoms with Crippen LogP contribution in [-0.4, -0.2) is 54.0 Å². The maximum Gasteiger partial charge on any atom is 0.269 e. The van der Waals surface area contributed by atoms with E-state index in [1.54, 1.807) is 12.1 Å². The molecule has 204 valence electrons. The van der Waals surface area contributed by atoms with E-state index in [4.69, 9.17) is 0 Å². The van der Waals surface area contributed by atoms with Gasteiger partial charge in [-0.2, -0.15) is 0 Å². The van der Waals surface area contributed by atoms with Gasteiger partial charge < -0.3 is 10.2 Å². The second-order valence-electron chi connectivity index (χ2n) is 9.95. The zero-order valence-electron chi connectivity index (χ0n) is 22.3. The van der Waals surface area contributed by atoms with Crippen molar-refractivity contribution < 1.29 is 22.8 Å². The fourth-order valence-electron chi connectivity index (χ4n) is 4.70. The number of carbonyl (C=O) groups is 3. The lowest BCUT2D eigenvalue weighted by atomic mass is 10.0. The average Bonchev–Trinajstić information content (AvgIpc) is 3.10. The molecule has 0 fully saturated rings. The molecule has 9 heteroatoms. The third kappa shape index (κ3) is 6.20. The zero-order chi connectivity index (χ0) is 28.2. The summed E-state index contributed by atoms with van der Waals surface area (Å²) in [4.78, 5) is 41.7. The van der Waals surface area contributed by atoms with Crippen LogP contribution in [0.1, 0.15) is 47.3 Å². The van der Waals surface area contributed by atoms with E-state index in [0.29, 0.717) is 0 Å². The largest absolute Gasteiger partial charge is 0.352 e. The Morgan fingerprint density at radius 3 is 2.23 bits per heavy atom. The normalized spacial score (nSPS) is 14.7. The fourth-order valence-corrected chi connectivity index (χ4v) is 6.27. The molecule has 1 heterocycles. The predicted molar refractivity (Wildman–Crippen MR) is 148 cm³/mol. The van der Waals surface area contributed by atoms with Gasteiger partial charge in [-0.15, -0.1) is 0 Å². The standard InChI is InChI=1S/C30H33N3O5S/c1-21(2)31-29(35)26(19-23-12-5-4-6-13-23)32(20-24-14-8-7-11-22(24)3)28(34)17-18-33-30(36)25-15-9-10-16-27(25)39(33,37)38/h4-16,21,26H,17-20H2,1-3H3,(H,31,35)/t26-/m0/s1. The lowest BCUT2D eigenvalue weighted by molar-refractivity contribution is -0.141. The summed E-state index contributed by atoms with van der Waals surface area (Å²) in [6, 6.07) is 22.1. The Bertz CT molecular complexity index is 1470. The van der Waals surface area contributed by atoms with Gasteiger partial charge in [0.2, 0.25) is 11.8 Å². The van der Waals surface area contributed by atoms with Gasteiger partial charge in [0.25, 0.3) is 15.9 Å². The van der Waals surface area contributed by atoms with Crippen LogP contribution in [0.5, 0.6) is 0 Å². The van der Waals surface area contributed by atoms with E-state index in [0.717, 1.165) is 21.0 Å². The molecule has 0 saturated carbocycles. The summed E-state index contributed by atoms with van der Waals surface area (Å²) in [5, 5.41) is 2.93. The van der Waals surface area contributed by atoms with E-state index in [9.17, 15) is 22.8 Å².